The van der Waals surface area contributed by atoms with Gasteiger partial charge in [-0.15, -0.1) is 0 Å². The van der Waals surface area contributed by atoms with E-state index in [2.05, 4.69) is 0 Å². The average Bonchev–Trinajstić information content (AvgIpc) is 2.56. The van der Waals surface area contributed by atoms with Crippen molar-refractivity contribution in [3.05, 3.63) is 61.4 Å². The van der Waals surface area contributed by atoms with Gasteiger partial charge in [-0.1, -0.05) is 18.5 Å². The van der Waals surface area contributed by atoms with Crippen molar-refractivity contribution in [1.82, 2.24) is 9.13 Å². The largest absolute Gasteiger partial charge is 0.462 e. The Morgan fingerprint density at radius 1 is 1.23 bits per heavy atom. The summed E-state index contributed by atoms with van der Waals surface area (Å²) >= 11 is 5.93. The molecule has 0 saturated carbocycles. The van der Waals surface area contributed by atoms with Gasteiger partial charge in [-0.25, -0.2) is 14.2 Å². The average molecular weight is 391 g/mol. The van der Waals surface area contributed by atoms with E-state index in [1.54, 1.807) is 6.92 Å². The minimum atomic E-state index is -4.86. The van der Waals surface area contributed by atoms with Crippen molar-refractivity contribution in [2.75, 3.05) is 6.61 Å². The number of hydrogen-bond acceptors (Lipinski definition) is 4. The molecule has 0 atom stereocenters. The fraction of sp³-hybridized carbons (Fsp3) is 0.312. The Morgan fingerprint density at radius 3 is 2.46 bits per heavy atom. The van der Waals surface area contributed by atoms with Crippen LogP contribution in [0.4, 0.5) is 13.2 Å². The predicted molar refractivity (Wildman–Crippen MR) is 87.9 cm³/mol. The van der Waals surface area contributed by atoms with Crippen molar-refractivity contribution < 1.29 is 22.7 Å². The van der Waals surface area contributed by atoms with Crippen LogP contribution in [0.5, 0.6) is 0 Å². The number of esters is 1. The summed E-state index contributed by atoms with van der Waals surface area (Å²) in [5, 5.41) is 0.0200. The number of nitrogens with zero attached hydrogens (tertiary/aromatic N) is 2. The first-order valence-corrected chi connectivity index (χ1v) is 7.83. The lowest BCUT2D eigenvalue weighted by molar-refractivity contribution is -0.144. The van der Waals surface area contributed by atoms with E-state index >= 15 is 0 Å². The van der Waals surface area contributed by atoms with Crippen LogP contribution in [0.15, 0.2) is 33.9 Å². The number of rotatable bonds is 4. The minimum absolute atomic E-state index is 0.0200. The predicted octanol–water partition coefficient (Wildman–Crippen LogP) is 2.78. The van der Waals surface area contributed by atoms with Crippen LogP contribution < -0.4 is 11.2 Å². The topological polar surface area (TPSA) is 70.3 Å². The molecule has 1 aromatic carbocycles. The van der Waals surface area contributed by atoms with E-state index in [1.807, 2.05) is 0 Å². The highest BCUT2D eigenvalue weighted by Gasteiger charge is 2.35. The van der Waals surface area contributed by atoms with Crippen LogP contribution in [0.3, 0.4) is 0 Å². The lowest BCUT2D eigenvalue weighted by Gasteiger charge is -2.14. The quantitative estimate of drug-likeness (QED) is 0.753. The zero-order valence-electron chi connectivity index (χ0n) is 13.8. The standard InChI is InChI=1S/C16H14ClF3N2O4/c1-3-6-26-14(24)10-7-9(4-5-11(10)17)22-13(23)8-12(16(18,19)20)21(2)15(22)25/h4-5,7-8H,3,6H2,1-2H3. The van der Waals surface area contributed by atoms with Crippen LogP contribution in [-0.2, 0) is 18.0 Å². The second-order valence-electron chi connectivity index (χ2n) is 5.34. The van der Waals surface area contributed by atoms with Crippen molar-refractivity contribution in [1.29, 1.82) is 0 Å². The van der Waals surface area contributed by atoms with Crippen molar-refractivity contribution in [2.45, 2.75) is 19.5 Å². The zero-order valence-corrected chi connectivity index (χ0v) is 14.5. The number of halogens is 4. The summed E-state index contributed by atoms with van der Waals surface area (Å²) in [5.41, 5.74) is -3.97. The van der Waals surface area contributed by atoms with E-state index in [9.17, 15) is 27.6 Å². The molecule has 140 valence electrons. The highest BCUT2D eigenvalue weighted by atomic mass is 35.5. The molecule has 0 fully saturated rings. The van der Waals surface area contributed by atoms with Gasteiger partial charge >= 0.3 is 17.8 Å². The summed E-state index contributed by atoms with van der Waals surface area (Å²) in [6, 6.07) is 3.93. The van der Waals surface area contributed by atoms with Crippen molar-refractivity contribution in [3.63, 3.8) is 0 Å². The summed E-state index contributed by atoms with van der Waals surface area (Å²) in [6.45, 7) is 1.93. The Morgan fingerprint density at radius 2 is 1.88 bits per heavy atom. The Balaban J connectivity index is 2.63. The molecular formula is C16H14ClF3N2O4. The molecule has 1 aromatic heterocycles. The van der Waals surface area contributed by atoms with Gasteiger partial charge in [-0.2, -0.15) is 13.2 Å². The Bertz CT molecular complexity index is 963. The minimum Gasteiger partial charge on any atom is -0.462 e. The van der Waals surface area contributed by atoms with E-state index in [4.69, 9.17) is 16.3 Å². The molecule has 2 rings (SSSR count). The monoisotopic (exact) mass is 390 g/mol. The molecule has 0 amide bonds. The maximum atomic E-state index is 12.9. The molecule has 0 aliphatic rings. The van der Waals surface area contributed by atoms with E-state index in [-0.39, 0.29) is 22.9 Å². The SMILES string of the molecule is CCCOC(=O)c1cc(-n2c(=O)cc(C(F)(F)F)n(C)c2=O)ccc1Cl. The van der Waals surface area contributed by atoms with Gasteiger partial charge in [0.1, 0.15) is 5.69 Å². The highest BCUT2D eigenvalue weighted by molar-refractivity contribution is 6.33. The second-order valence-corrected chi connectivity index (χ2v) is 5.75. The van der Waals surface area contributed by atoms with Gasteiger partial charge in [-0.3, -0.25) is 9.36 Å². The van der Waals surface area contributed by atoms with E-state index in [0.717, 1.165) is 13.1 Å². The molecule has 0 aliphatic heterocycles. The fourth-order valence-corrected chi connectivity index (χ4v) is 2.41. The van der Waals surface area contributed by atoms with E-state index < -0.39 is 29.1 Å². The smallest absolute Gasteiger partial charge is 0.431 e. The van der Waals surface area contributed by atoms with Gasteiger partial charge in [0.15, 0.2) is 0 Å². The van der Waals surface area contributed by atoms with E-state index in [0.29, 0.717) is 21.6 Å². The molecule has 10 heteroatoms. The lowest BCUT2D eigenvalue weighted by atomic mass is 10.2. The van der Waals surface area contributed by atoms with Crippen LogP contribution >= 0.6 is 11.6 Å². The molecule has 26 heavy (non-hydrogen) atoms. The maximum absolute atomic E-state index is 12.9. The summed E-state index contributed by atoms with van der Waals surface area (Å²) in [7, 11) is 0.896. The molecule has 0 saturated heterocycles. The van der Waals surface area contributed by atoms with Crippen molar-refractivity contribution in [3.8, 4) is 5.69 Å². The third-order valence-corrected chi connectivity index (χ3v) is 3.81. The maximum Gasteiger partial charge on any atom is 0.431 e. The molecule has 0 unspecified atom stereocenters. The fourth-order valence-electron chi connectivity index (χ4n) is 2.22. The summed E-state index contributed by atoms with van der Waals surface area (Å²) in [5.74, 6) is -0.768. The van der Waals surface area contributed by atoms with Gasteiger partial charge in [0.2, 0.25) is 0 Å². The second kappa shape index (κ2) is 7.36. The Labute approximate surface area is 150 Å². The van der Waals surface area contributed by atoms with Gasteiger partial charge in [0.25, 0.3) is 5.56 Å². The summed E-state index contributed by atoms with van der Waals surface area (Å²) in [6.07, 6.45) is -4.29. The molecule has 0 spiro atoms. The summed E-state index contributed by atoms with van der Waals surface area (Å²) in [4.78, 5) is 36.4. The molecule has 0 bridgehead atoms. The number of benzene rings is 1. The molecule has 0 N–H and O–H groups in total. The molecule has 1 heterocycles. The first-order chi connectivity index (χ1) is 12.1. The normalized spacial score (nSPS) is 11.5. The first-order valence-electron chi connectivity index (χ1n) is 7.45. The summed E-state index contributed by atoms with van der Waals surface area (Å²) < 4.78 is 44.5. The van der Waals surface area contributed by atoms with Gasteiger partial charge in [0, 0.05) is 13.1 Å². The number of ether oxygens (including phenoxy) is 1. The lowest BCUT2D eigenvalue weighted by Crippen LogP contribution is -2.40. The van der Waals surface area contributed by atoms with Crippen LogP contribution in [0.1, 0.15) is 29.4 Å². The number of carbonyl (C=O) groups excluding carboxylic acids is 1. The third-order valence-electron chi connectivity index (χ3n) is 3.48. The number of alkyl halides is 3. The molecular weight excluding hydrogens is 377 g/mol. The third kappa shape index (κ3) is 3.82. The molecule has 2 aromatic rings. The van der Waals surface area contributed by atoms with Crippen LogP contribution in [0.25, 0.3) is 5.69 Å². The first kappa shape index (κ1) is 19.8. The van der Waals surface area contributed by atoms with Crippen molar-refractivity contribution in [2.24, 2.45) is 7.05 Å². The Kier molecular flexibility index (Phi) is 5.60. The van der Waals surface area contributed by atoms with Crippen molar-refractivity contribution >= 4 is 17.6 Å². The molecule has 0 aliphatic carbocycles. The zero-order chi connectivity index (χ0) is 19.6. The van der Waals surface area contributed by atoms with E-state index in [1.165, 1.54) is 12.1 Å². The molecule has 6 nitrogen and oxygen atoms in total. The molecule has 0 radical (unpaired) electrons. The highest BCUT2D eigenvalue weighted by Crippen LogP contribution is 2.27. The van der Waals surface area contributed by atoms with Crippen LogP contribution in [-0.4, -0.2) is 21.7 Å². The van der Waals surface area contributed by atoms with Crippen LogP contribution in [0.2, 0.25) is 5.02 Å². The van der Waals surface area contributed by atoms with Gasteiger partial charge < -0.3 is 4.74 Å². The number of aromatic nitrogens is 2. The Hall–Kier alpha value is -2.55. The number of carbonyl (C=O) groups is 1. The van der Waals surface area contributed by atoms with Gasteiger partial charge in [0.05, 0.1) is 22.9 Å². The van der Waals surface area contributed by atoms with Crippen LogP contribution in [0, 0.1) is 0 Å². The number of hydrogen-bond donors (Lipinski definition) is 0. The van der Waals surface area contributed by atoms with Gasteiger partial charge in [-0.05, 0) is 24.6 Å².